The van der Waals surface area contributed by atoms with Gasteiger partial charge in [0.2, 0.25) is 0 Å². The molecule has 3 aliphatic rings. The molecule has 3 atom stereocenters. The zero-order chi connectivity index (χ0) is 20.0. The summed E-state index contributed by atoms with van der Waals surface area (Å²) in [5.41, 5.74) is 4.86. The van der Waals surface area contributed by atoms with Crippen molar-refractivity contribution in [1.29, 1.82) is 0 Å². The number of aliphatic hydroxyl groups excluding tert-OH is 1. The van der Waals surface area contributed by atoms with Crippen molar-refractivity contribution >= 4 is 31.8 Å². The van der Waals surface area contributed by atoms with Gasteiger partial charge >= 0.3 is 180 Å². The Morgan fingerprint density at radius 1 is 1.28 bits per heavy atom. The first-order valence-electron chi connectivity index (χ1n) is 10.3. The number of anilines is 1. The molecule has 2 N–H and O–H groups in total. The Morgan fingerprint density at radius 2 is 2.17 bits per heavy atom. The molecule has 2 aromatic rings. The average Bonchev–Trinajstić information content (AvgIpc) is 3.37. The van der Waals surface area contributed by atoms with E-state index < -0.39 is 20.2 Å². The Hall–Kier alpha value is -1.64. The van der Waals surface area contributed by atoms with Gasteiger partial charge in [0.25, 0.3) is 0 Å². The van der Waals surface area contributed by atoms with E-state index in [2.05, 4.69) is 54.7 Å². The van der Waals surface area contributed by atoms with E-state index >= 15 is 0 Å². The number of fused-ring (bicyclic) bond motifs is 3. The molecule has 0 spiro atoms. The second-order valence-corrected chi connectivity index (χ2v) is 13.2. The molecule has 0 aromatic heterocycles. The maximum atomic E-state index is 12.6. The van der Waals surface area contributed by atoms with Crippen molar-refractivity contribution in [2.24, 2.45) is 0 Å². The number of nitrogens with zero attached hydrogens (tertiary/aromatic N) is 1. The summed E-state index contributed by atoms with van der Waals surface area (Å²) < 4.78 is 8.20. The molecule has 1 amide bonds. The molecule has 5 rings (SSSR count). The Morgan fingerprint density at radius 3 is 2.97 bits per heavy atom. The second kappa shape index (κ2) is 7.89. The number of carbonyl (C=O) groups excluding carboxylic acids is 1. The number of amides is 1. The van der Waals surface area contributed by atoms with Crippen LogP contribution in [0.4, 0.5) is 5.69 Å². The van der Waals surface area contributed by atoms with Crippen molar-refractivity contribution in [3.63, 3.8) is 0 Å². The van der Waals surface area contributed by atoms with Crippen LogP contribution in [0.15, 0.2) is 42.5 Å². The number of carbonyl (C=O) groups is 1. The van der Waals surface area contributed by atoms with Crippen LogP contribution in [0.5, 0.6) is 0 Å². The number of nitrogens with one attached hydrogen (secondary N) is 1. The summed E-state index contributed by atoms with van der Waals surface area (Å²) in [5.74, 6) is 0.107. The van der Waals surface area contributed by atoms with Gasteiger partial charge in [-0.25, -0.2) is 0 Å². The fourth-order valence-electron chi connectivity index (χ4n) is 4.52. The van der Waals surface area contributed by atoms with Crippen molar-refractivity contribution in [1.82, 2.24) is 4.90 Å². The van der Waals surface area contributed by atoms with E-state index in [-0.39, 0.29) is 12.0 Å². The van der Waals surface area contributed by atoms with Crippen molar-refractivity contribution in [2.75, 3.05) is 25.0 Å². The molecule has 0 aliphatic carbocycles. The molecular weight excluding hydrogens is 479 g/mol. The Bertz CT molecular complexity index is 934. The SMILES string of the molecule is Cc1cccc([C@H]2Nc3ccc(CC(=O)N4CC[C@@H](O)C4)cc3I3OCC[C@H]23)c1. The quantitative estimate of drug-likeness (QED) is 0.493. The molecular formula is C23H27IN2O3. The summed E-state index contributed by atoms with van der Waals surface area (Å²) in [4.78, 5) is 14.4. The molecule has 154 valence electrons. The van der Waals surface area contributed by atoms with Gasteiger partial charge in [0, 0.05) is 0 Å². The summed E-state index contributed by atoms with van der Waals surface area (Å²) in [5, 5.41) is 13.5. The summed E-state index contributed by atoms with van der Waals surface area (Å²) >= 11 is -1.78. The number of alkyl halides is 1. The fourth-order valence-corrected chi connectivity index (χ4v) is 10.6. The van der Waals surface area contributed by atoms with Crippen LogP contribution in [-0.2, 0) is 14.3 Å². The van der Waals surface area contributed by atoms with Gasteiger partial charge in [-0.05, 0) is 0 Å². The summed E-state index contributed by atoms with van der Waals surface area (Å²) in [6, 6.07) is 15.5. The summed E-state index contributed by atoms with van der Waals surface area (Å²) in [6.07, 6.45) is 1.82. The van der Waals surface area contributed by atoms with Crippen molar-refractivity contribution in [3.05, 3.63) is 62.7 Å². The van der Waals surface area contributed by atoms with Gasteiger partial charge in [-0.1, -0.05) is 0 Å². The first-order valence-corrected chi connectivity index (χ1v) is 13.5. The van der Waals surface area contributed by atoms with Crippen LogP contribution in [0.3, 0.4) is 0 Å². The summed E-state index contributed by atoms with van der Waals surface area (Å²) in [6.45, 7) is 4.11. The minimum atomic E-state index is -1.78. The predicted molar refractivity (Wildman–Crippen MR) is 122 cm³/mol. The van der Waals surface area contributed by atoms with Gasteiger partial charge in [0.05, 0.1) is 0 Å². The third-order valence-electron chi connectivity index (χ3n) is 6.02. The number of likely N-dealkylation sites (tertiary alicyclic amines) is 1. The van der Waals surface area contributed by atoms with Gasteiger partial charge in [-0.3, -0.25) is 0 Å². The number of rotatable bonds is 3. The van der Waals surface area contributed by atoms with Gasteiger partial charge in [0.1, 0.15) is 0 Å². The van der Waals surface area contributed by atoms with Crippen LogP contribution in [0, 0.1) is 10.5 Å². The Balaban J connectivity index is 1.40. The molecule has 2 saturated heterocycles. The second-order valence-electron chi connectivity index (χ2n) is 8.20. The molecule has 2 aromatic carbocycles. The third-order valence-corrected chi connectivity index (χ3v) is 12.0. The number of hydrogen-bond donors (Lipinski definition) is 2. The molecule has 0 bridgehead atoms. The Kier molecular flexibility index (Phi) is 5.26. The van der Waals surface area contributed by atoms with Crippen molar-refractivity contribution in [2.45, 2.75) is 42.3 Å². The summed E-state index contributed by atoms with van der Waals surface area (Å²) in [7, 11) is 0. The monoisotopic (exact) mass is 506 g/mol. The van der Waals surface area contributed by atoms with Crippen LogP contribution in [-0.4, -0.2) is 45.6 Å². The zero-order valence-electron chi connectivity index (χ0n) is 16.6. The molecule has 5 nitrogen and oxygen atoms in total. The molecule has 29 heavy (non-hydrogen) atoms. The van der Waals surface area contributed by atoms with Crippen LogP contribution in [0.2, 0.25) is 0 Å². The maximum absolute atomic E-state index is 12.6. The topological polar surface area (TPSA) is 61.8 Å². The number of halogens is 1. The van der Waals surface area contributed by atoms with E-state index in [0.717, 1.165) is 18.6 Å². The first-order chi connectivity index (χ1) is 14.1. The van der Waals surface area contributed by atoms with Crippen molar-refractivity contribution < 1.29 is 13.0 Å². The van der Waals surface area contributed by atoms with Crippen LogP contribution >= 0.6 is 20.2 Å². The molecule has 3 heterocycles. The molecule has 3 aliphatic heterocycles. The standard InChI is InChI=1S/C23H27IN2O3/c1-15-3-2-4-17(11-15)23-19-8-10-29-24(19)20-12-16(5-6-21(20)25-23)13-22(28)26-9-7-18(27)14-26/h2-6,11-12,18-19,23,25,27H,7-10,13-14H2,1H3/t18-,19-,23-/m1/s1. The number of benzene rings is 2. The Labute approximate surface area is 179 Å². The van der Waals surface area contributed by atoms with E-state index in [0.29, 0.717) is 35.9 Å². The molecule has 2 fully saturated rings. The van der Waals surface area contributed by atoms with E-state index in [1.165, 1.54) is 20.4 Å². The first kappa shape index (κ1) is 19.3. The van der Waals surface area contributed by atoms with Crippen molar-refractivity contribution in [3.8, 4) is 0 Å². The zero-order valence-corrected chi connectivity index (χ0v) is 18.8. The van der Waals surface area contributed by atoms with E-state index in [1.54, 1.807) is 4.90 Å². The molecule has 0 saturated carbocycles. The molecule has 0 unspecified atom stereocenters. The normalized spacial score (nSPS) is 26.8. The number of aliphatic hydroxyl groups is 1. The molecule has 6 heteroatoms. The average molecular weight is 506 g/mol. The van der Waals surface area contributed by atoms with Crippen LogP contribution in [0.1, 0.15) is 35.6 Å². The van der Waals surface area contributed by atoms with Crippen LogP contribution in [0.25, 0.3) is 0 Å². The van der Waals surface area contributed by atoms with Crippen LogP contribution < -0.4 is 5.32 Å². The molecule has 0 radical (unpaired) electrons. The van der Waals surface area contributed by atoms with Gasteiger partial charge in [-0.2, -0.15) is 0 Å². The van der Waals surface area contributed by atoms with Gasteiger partial charge < -0.3 is 0 Å². The predicted octanol–water partition coefficient (Wildman–Crippen LogP) is 3.68. The fraction of sp³-hybridized carbons (Fsp3) is 0.435. The van der Waals surface area contributed by atoms with E-state index in [4.69, 9.17) is 3.07 Å². The number of aryl methyl sites for hydroxylation is 1. The number of β-amino-alcohol motifs (C(OH)–C–C–N with tert-alkyl or cyclic N) is 1. The van der Waals surface area contributed by atoms with Gasteiger partial charge in [0.15, 0.2) is 0 Å². The third kappa shape index (κ3) is 3.78. The van der Waals surface area contributed by atoms with E-state index in [9.17, 15) is 9.90 Å². The minimum absolute atomic E-state index is 0.107. The number of hydrogen-bond acceptors (Lipinski definition) is 4. The van der Waals surface area contributed by atoms with Gasteiger partial charge in [-0.15, -0.1) is 0 Å². The van der Waals surface area contributed by atoms with E-state index in [1.807, 2.05) is 0 Å².